The Morgan fingerprint density at radius 3 is 2.56 bits per heavy atom. The number of aryl methyl sites for hydroxylation is 1. The zero-order valence-corrected chi connectivity index (χ0v) is 10.7. The lowest BCUT2D eigenvalue weighted by Gasteiger charge is -2.10. The van der Waals surface area contributed by atoms with Crippen LogP contribution in [0.15, 0.2) is 36.4 Å². The molecule has 0 saturated heterocycles. The van der Waals surface area contributed by atoms with Gasteiger partial charge in [0.05, 0.1) is 5.02 Å². The quantitative estimate of drug-likeness (QED) is 0.741. The van der Waals surface area contributed by atoms with Crippen LogP contribution >= 0.6 is 11.6 Å². The van der Waals surface area contributed by atoms with Crippen LogP contribution < -0.4 is 5.32 Å². The molecule has 0 unspecified atom stereocenters. The van der Waals surface area contributed by atoms with Crippen molar-refractivity contribution in [3.05, 3.63) is 52.5 Å². The third kappa shape index (κ3) is 2.87. The number of rotatable bonds is 3. The van der Waals surface area contributed by atoms with Crippen molar-refractivity contribution in [2.24, 2.45) is 0 Å². The highest BCUT2D eigenvalue weighted by molar-refractivity contribution is 6.32. The van der Waals surface area contributed by atoms with Crippen LogP contribution in [-0.4, -0.2) is 10.2 Å². The van der Waals surface area contributed by atoms with Gasteiger partial charge in [0.15, 0.2) is 0 Å². The molecule has 0 spiro atoms. The minimum absolute atomic E-state index is 0.0845. The standard InChI is InChI=1S/C14H14ClNO2/c1-9-6-11(17)3-4-13(9)16-8-10-2-5-14(18)12(15)7-10/h2-7,16-18H,8H2,1H3. The van der Waals surface area contributed by atoms with E-state index in [2.05, 4.69) is 5.32 Å². The topological polar surface area (TPSA) is 52.5 Å². The van der Waals surface area contributed by atoms with Crippen molar-refractivity contribution in [3.8, 4) is 11.5 Å². The summed E-state index contributed by atoms with van der Waals surface area (Å²) in [6, 6.07) is 10.3. The van der Waals surface area contributed by atoms with E-state index in [1.807, 2.05) is 19.1 Å². The molecule has 18 heavy (non-hydrogen) atoms. The molecule has 2 aromatic rings. The normalized spacial score (nSPS) is 10.3. The van der Waals surface area contributed by atoms with E-state index >= 15 is 0 Å². The van der Waals surface area contributed by atoms with Crippen LogP contribution in [0.25, 0.3) is 0 Å². The summed E-state index contributed by atoms with van der Waals surface area (Å²) in [5.74, 6) is 0.340. The lowest BCUT2D eigenvalue weighted by molar-refractivity contribution is 0.474. The summed E-state index contributed by atoms with van der Waals surface area (Å²) < 4.78 is 0. The molecule has 94 valence electrons. The van der Waals surface area contributed by atoms with Crippen LogP contribution in [0.3, 0.4) is 0 Å². The number of phenolic OH excluding ortho intramolecular Hbond substituents is 2. The molecule has 0 aliphatic rings. The zero-order chi connectivity index (χ0) is 13.1. The number of hydrogen-bond donors (Lipinski definition) is 3. The number of benzene rings is 2. The molecule has 3 nitrogen and oxygen atoms in total. The molecule has 2 aromatic carbocycles. The predicted molar refractivity (Wildman–Crippen MR) is 73.3 cm³/mol. The van der Waals surface area contributed by atoms with Crippen molar-refractivity contribution in [1.29, 1.82) is 0 Å². The Bertz CT molecular complexity index is 570. The van der Waals surface area contributed by atoms with Crippen molar-refractivity contribution in [2.75, 3.05) is 5.32 Å². The molecule has 0 bridgehead atoms. The Morgan fingerprint density at radius 1 is 1.11 bits per heavy atom. The van der Waals surface area contributed by atoms with E-state index < -0.39 is 0 Å². The Labute approximate surface area is 111 Å². The van der Waals surface area contributed by atoms with E-state index in [-0.39, 0.29) is 11.5 Å². The molecule has 2 rings (SSSR count). The summed E-state index contributed by atoms with van der Waals surface area (Å²) in [6.07, 6.45) is 0. The van der Waals surface area contributed by atoms with Gasteiger partial charge in [-0.05, 0) is 48.4 Å². The zero-order valence-electron chi connectivity index (χ0n) is 9.94. The fourth-order valence-corrected chi connectivity index (χ4v) is 1.91. The highest BCUT2D eigenvalue weighted by Gasteiger charge is 2.02. The first-order valence-electron chi connectivity index (χ1n) is 5.57. The van der Waals surface area contributed by atoms with Gasteiger partial charge in [0.25, 0.3) is 0 Å². The van der Waals surface area contributed by atoms with Crippen LogP contribution in [0.1, 0.15) is 11.1 Å². The molecule has 0 aliphatic heterocycles. The van der Waals surface area contributed by atoms with Crippen molar-refractivity contribution in [1.82, 2.24) is 0 Å². The first-order chi connectivity index (χ1) is 8.56. The van der Waals surface area contributed by atoms with Gasteiger partial charge in [0.2, 0.25) is 0 Å². The molecular formula is C14H14ClNO2. The van der Waals surface area contributed by atoms with Crippen LogP contribution in [0.5, 0.6) is 11.5 Å². The molecule has 0 aliphatic carbocycles. The second kappa shape index (κ2) is 5.19. The van der Waals surface area contributed by atoms with Crippen LogP contribution in [-0.2, 0) is 6.54 Å². The second-order valence-electron chi connectivity index (χ2n) is 4.14. The molecule has 0 fully saturated rings. The third-order valence-electron chi connectivity index (χ3n) is 2.71. The average molecular weight is 264 g/mol. The molecule has 0 saturated carbocycles. The average Bonchev–Trinajstić information content (AvgIpc) is 2.32. The van der Waals surface area contributed by atoms with Gasteiger partial charge in [-0.2, -0.15) is 0 Å². The molecule has 0 aromatic heterocycles. The minimum atomic E-state index is 0.0845. The summed E-state index contributed by atoms with van der Waals surface area (Å²) in [5.41, 5.74) is 2.90. The van der Waals surface area contributed by atoms with Gasteiger partial charge < -0.3 is 15.5 Å². The smallest absolute Gasteiger partial charge is 0.134 e. The van der Waals surface area contributed by atoms with Crippen molar-refractivity contribution >= 4 is 17.3 Å². The molecule has 0 heterocycles. The maximum Gasteiger partial charge on any atom is 0.134 e. The van der Waals surface area contributed by atoms with E-state index in [0.29, 0.717) is 11.6 Å². The Kier molecular flexibility index (Phi) is 3.63. The first kappa shape index (κ1) is 12.6. The first-order valence-corrected chi connectivity index (χ1v) is 5.95. The molecule has 0 radical (unpaired) electrons. The van der Waals surface area contributed by atoms with E-state index in [4.69, 9.17) is 11.6 Å². The van der Waals surface area contributed by atoms with Crippen molar-refractivity contribution in [3.63, 3.8) is 0 Å². The van der Waals surface area contributed by atoms with E-state index in [0.717, 1.165) is 16.8 Å². The van der Waals surface area contributed by atoms with Crippen molar-refractivity contribution in [2.45, 2.75) is 13.5 Å². The van der Waals surface area contributed by atoms with E-state index in [9.17, 15) is 10.2 Å². The number of hydrogen-bond acceptors (Lipinski definition) is 3. The van der Waals surface area contributed by atoms with Crippen molar-refractivity contribution < 1.29 is 10.2 Å². The largest absolute Gasteiger partial charge is 0.508 e. The summed E-state index contributed by atoms with van der Waals surface area (Å²) in [5, 5.41) is 22.2. The summed E-state index contributed by atoms with van der Waals surface area (Å²) >= 11 is 5.84. The fourth-order valence-electron chi connectivity index (χ4n) is 1.70. The maximum absolute atomic E-state index is 9.32. The molecule has 0 atom stereocenters. The molecular weight excluding hydrogens is 250 g/mol. The second-order valence-corrected chi connectivity index (χ2v) is 4.55. The predicted octanol–water partition coefficient (Wildman–Crippen LogP) is 3.67. The van der Waals surface area contributed by atoms with Crippen LogP contribution in [0, 0.1) is 6.92 Å². The van der Waals surface area contributed by atoms with Gasteiger partial charge in [-0.25, -0.2) is 0 Å². The highest BCUT2D eigenvalue weighted by atomic mass is 35.5. The Hall–Kier alpha value is -1.87. The number of halogens is 1. The maximum atomic E-state index is 9.32. The monoisotopic (exact) mass is 263 g/mol. The fraction of sp³-hybridized carbons (Fsp3) is 0.143. The number of nitrogens with one attached hydrogen (secondary N) is 1. The molecule has 3 N–H and O–H groups in total. The number of aromatic hydroxyl groups is 2. The molecule has 4 heteroatoms. The Morgan fingerprint density at radius 2 is 1.89 bits per heavy atom. The molecule has 0 amide bonds. The third-order valence-corrected chi connectivity index (χ3v) is 3.01. The lowest BCUT2D eigenvalue weighted by atomic mass is 10.1. The SMILES string of the molecule is Cc1cc(O)ccc1NCc1ccc(O)c(Cl)c1. The van der Waals surface area contributed by atoms with Gasteiger partial charge in [0.1, 0.15) is 11.5 Å². The minimum Gasteiger partial charge on any atom is -0.508 e. The summed E-state index contributed by atoms with van der Waals surface area (Å²) in [4.78, 5) is 0. The highest BCUT2D eigenvalue weighted by Crippen LogP contribution is 2.25. The summed E-state index contributed by atoms with van der Waals surface area (Å²) in [6.45, 7) is 2.53. The summed E-state index contributed by atoms with van der Waals surface area (Å²) in [7, 11) is 0. The number of anilines is 1. The van der Waals surface area contributed by atoms with Crippen LogP contribution in [0.4, 0.5) is 5.69 Å². The lowest BCUT2D eigenvalue weighted by Crippen LogP contribution is -2.00. The van der Waals surface area contributed by atoms with Gasteiger partial charge >= 0.3 is 0 Å². The van der Waals surface area contributed by atoms with E-state index in [1.54, 1.807) is 24.3 Å². The Balaban J connectivity index is 2.09. The van der Waals surface area contributed by atoms with Gasteiger partial charge in [0, 0.05) is 12.2 Å². The van der Waals surface area contributed by atoms with Gasteiger partial charge in [-0.3, -0.25) is 0 Å². The van der Waals surface area contributed by atoms with Crippen LogP contribution in [0.2, 0.25) is 5.02 Å². The number of phenols is 2. The van der Waals surface area contributed by atoms with Gasteiger partial charge in [-0.15, -0.1) is 0 Å². The van der Waals surface area contributed by atoms with Gasteiger partial charge in [-0.1, -0.05) is 17.7 Å². The van der Waals surface area contributed by atoms with E-state index in [1.165, 1.54) is 0 Å².